The Balaban J connectivity index is 1.62. The van der Waals surface area contributed by atoms with E-state index in [0.29, 0.717) is 18.0 Å². The van der Waals surface area contributed by atoms with Gasteiger partial charge >= 0.3 is 5.97 Å². The van der Waals surface area contributed by atoms with Gasteiger partial charge in [-0.1, -0.05) is 0 Å². The van der Waals surface area contributed by atoms with Gasteiger partial charge in [0, 0.05) is 25.7 Å². The molecule has 0 radical (unpaired) electrons. The van der Waals surface area contributed by atoms with Gasteiger partial charge in [-0.05, 0) is 25.1 Å². The monoisotopic (exact) mass is 342 g/mol. The van der Waals surface area contributed by atoms with Crippen molar-refractivity contribution >= 4 is 22.9 Å². The van der Waals surface area contributed by atoms with Crippen LogP contribution in [-0.2, 0) is 23.1 Å². The van der Waals surface area contributed by atoms with Crippen LogP contribution < -0.4 is 0 Å². The van der Waals surface area contributed by atoms with Crippen LogP contribution in [-0.4, -0.2) is 45.2 Å². The maximum atomic E-state index is 12.2. The highest BCUT2D eigenvalue weighted by Gasteiger charge is 2.16. The average molecular weight is 342 g/mol. The Morgan fingerprint density at radius 2 is 2.20 bits per heavy atom. The summed E-state index contributed by atoms with van der Waals surface area (Å²) in [5, 5.41) is 5.03. The average Bonchev–Trinajstić information content (AvgIpc) is 3.20. The summed E-state index contributed by atoms with van der Waals surface area (Å²) < 4.78 is 11.9. The van der Waals surface area contributed by atoms with Crippen molar-refractivity contribution in [2.45, 2.75) is 13.5 Å². The molecule has 8 heteroatoms. The molecule has 0 bridgehead atoms. The molecule has 0 aliphatic heterocycles. The molecule has 3 heterocycles. The van der Waals surface area contributed by atoms with Crippen molar-refractivity contribution in [2.75, 3.05) is 13.7 Å². The molecule has 0 unspecified atom stereocenters. The largest absolute Gasteiger partial charge is 0.467 e. The fraction of sp³-hybridized carbons (Fsp3) is 0.294. The van der Waals surface area contributed by atoms with E-state index in [9.17, 15) is 9.59 Å². The first kappa shape index (κ1) is 16.7. The summed E-state index contributed by atoms with van der Waals surface area (Å²) >= 11 is 0. The zero-order chi connectivity index (χ0) is 18.0. The first-order valence-corrected chi connectivity index (χ1v) is 7.68. The SMILES string of the molecule is Cc1nn(C)c2ncc(C(=O)OCC(=O)N(C)Cc3ccco3)cc12. The minimum atomic E-state index is -0.600. The lowest BCUT2D eigenvalue weighted by atomic mass is 10.2. The van der Waals surface area contributed by atoms with Crippen LogP contribution in [0.15, 0.2) is 35.1 Å². The van der Waals surface area contributed by atoms with Crippen LogP contribution in [0.5, 0.6) is 0 Å². The Bertz CT molecular complexity index is 914. The third kappa shape index (κ3) is 3.52. The van der Waals surface area contributed by atoms with E-state index < -0.39 is 5.97 Å². The van der Waals surface area contributed by atoms with Crippen molar-refractivity contribution in [3.63, 3.8) is 0 Å². The number of ether oxygens (including phenoxy) is 1. The summed E-state index contributed by atoms with van der Waals surface area (Å²) in [5.41, 5.74) is 1.74. The normalized spacial score (nSPS) is 10.8. The second-order valence-electron chi connectivity index (χ2n) is 5.71. The van der Waals surface area contributed by atoms with Crippen LogP contribution in [0.25, 0.3) is 11.0 Å². The van der Waals surface area contributed by atoms with E-state index >= 15 is 0 Å². The number of rotatable bonds is 5. The molecule has 0 N–H and O–H groups in total. The minimum absolute atomic E-state index is 0.282. The van der Waals surface area contributed by atoms with Crippen molar-refractivity contribution in [1.82, 2.24) is 19.7 Å². The number of aromatic nitrogens is 3. The lowest BCUT2D eigenvalue weighted by Gasteiger charge is -2.15. The standard InChI is InChI=1S/C17H18N4O4/c1-11-14-7-12(8-18-16(14)21(3)19-11)17(23)25-10-15(22)20(2)9-13-5-4-6-24-13/h4-8H,9-10H2,1-3H3. The van der Waals surface area contributed by atoms with Crippen molar-refractivity contribution in [2.24, 2.45) is 7.05 Å². The second-order valence-corrected chi connectivity index (χ2v) is 5.71. The summed E-state index contributed by atoms with van der Waals surface area (Å²) in [5.74, 6) is -0.266. The Hall–Kier alpha value is -3.16. The van der Waals surface area contributed by atoms with Gasteiger partial charge < -0.3 is 14.1 Å². The van der Waals surface area contributed by atoms with Gasteiger partial charge in [0.2, 0.25) is 0 Å². The number of nitrogens with zero attached hydrogens (tertiary/aromatic N) is 4. The van der Waals surface area contributed by atoms with E-state index in [0.717, 1.165) is 11.1 Å². The van der Waals surface area contributed by atoms with Crippen LogP contribution in [0.3, 0.4) is 0 Å². The Kier molecular flexibility index (Phi) is 4.51. The number of aryl methyl sites for hydroxylation is 2. The number of carbonyl (C=O) groups excluding carboxylic acids is 2. The van der Waals surface area contributed by atoms with Crippen LogP contribution in [0, 0.1) is 6.92 Å². The zero-order valence-corrected chi connectivity index (χ0v) is 14.2. The van der Waals surface area contributed by atoms with E-state index in [1.807, 2.05) is 6.92 Å². The van der Waals surface area contributed by atoms with E-state index in [1.165, 1.54) is 17.4 Å². The molecule has 0 saturated carbocycles. The number of carbonyl (C=O) groups is 2. The molecule has 1 amide bonds. The van der Waals surface area contributed by atoms with Crippen LogP contribution >= 0.6 is 0 Å². The van der Waals surface area contributed by atoms with Crippen LogP contribution in [0.1, 0.15) is 21.8 Å². The number of furan rings is 1. The summed E-state index contributed by atoms with van der Waals surface area (Å²) in [6, 6.07) is 5.19. The highest BCUT2D eigenvalue weighted by Crippen LogP contribution is 2.17. The molecule has 0 aliphatic carbocycles. The molecule has 0 spiro atoms. The minimum Gasteiger partial charge on any atom is -0.467 e. The van der Waals surface area contributed by atoms with E-state index in [-0.39, 0.29) is 18.1 Å². The van der Waals surface area contributed by atoms with Gasteiger partial charge in [-0.2, -0.15) is 5.10 Å². The fourth-order valence-electron chi connectivity index (χ4n) is 2.46. The molecular weight excluding hydrogens is 324 g/mol. The molecule has 25 heavy (non-hydrogen) atoms. The van der Waals surface area contributed by atoms with Crippen LogP contribution in [0.2, 0.25) is 0 Å². The third-order valence-corrected chi connectivity index (χ3v) is 3.82. The molecule has 8 nitrogen and oxygen atoms in total. The molecule has 3 aromatic heterocycles. The maximum absolute atomic E-state index is 12.2. The Morgan fingerprint density at radius 3 is 2.92 bits per heavy atom. The van der Waals surface area contributed by atoms with Crippen molar-refractivity contribution in [3.8, 4) is 0 Å². The van der Waals surface area contributed by atoms with Gasteiger partial charge in [-0.25, -0.2) is 9.78 Å². The maximum Gasteiger partial charge on any atom is 0.340 e. The molecule has 0 saturated heterocycles. The molecular formula is C17H18N4O4. The topological polar surface area (TPSA) is 90.5 Å². The summed E-state index contributed by atoms with van der Waals surface area (Å²) in [4.78, 5) is 29.9. The number of pyridine rings is 1. The first-order chi connectivity index (χ1) is 12.0. The van der Waals surface area contributed by atoms with Gasteiger partial charge in [-0.3, -0.25) is 9.48 Å². The quantitative estimate of drug-likeness (QED) is 0.655. The fourth-order valence-corrected chi connectivity index (χ4v) is 2.46. The lowest BCUT2D eigenvalue weighted by Crippen LogP contribution is -2.30. The number of likely N-dealkylation sites (N-methyl/N-ethyl adjacent to an activating group) is 1. The lowest BCUT2D eigenvalue weighted by molar-refractivity contribution is -0.133. The number of amides is 1. The molecule has 0 atom stereocenters. The molecule has 0 aliphatic rings. The summed E-state index contributed by atoms with van der Waals surface area (Å²) in [6.07, 6.45) is 2.96. The Morgan fingerprint density at radius 1 is 1.40 bits per heavy atom. The van der Waals surface area contributed by atoms with Gasteiger partial charge in [0.1, 0.15) is 5.76 Å². The predicted molar refractivity (Wildman–Crippen MR) is 88.7 cm³/mol. The number of esters is 1. The molecule has 0 aromatic carbocycles. The van der Waals surface area contributed by atoms with Gasteiger partial charge in [-0.15, -0.1) is 0 Å². The molecule has 3 rings (SSSR count). The number of fused-ring (bicyclic) bond motifs is 1. The van der Waals surface area contributed by atoms with Gasteiger partial charge in [0.15, 0.2) is 12.3 Å². The molecule has 130 valence electrons. The third-order valence-electron chi connectivity index (χ3n) is 3.82. The number of hydrogen-bond acceptors (Lipinski definition) is 6. The van der Waals surface area contributed by atoms with Crippen molar-refractivity contribution in [1.29, 1.82) is 0 Å². The summed E-state index contributed by atoms with van der Waals surface area (Å²) in [6.45, 7) is 1.80. The highest BCUT2D eigenvalue weighted by atomic mass is 16.5. The van der Waals surface area contributed by atoms with Crippen LogP contribution in [0.4, 0.5) is 0 Å². The van der Waals surface area contributed by atoms with E-state index in [1.54, 1.807) is 37.0 Å². The molecule has 3 aromatic rings. The van der Waals surface area contributed by atoms with Gasteiger partial charge in [0.25, 0.3) is 5.91 Å². The van der Waals surface area contributed by atoms with Crippen molar-refractivity contribution < 1.29 is 18.7 Å². The van der Waals surface area contributed by atoms with Crippen molar-refractivity contribution in [3.05, 3.63) is 47.7 Å². The number of hydrogen-bond donors (Lipinski definition) is 0. The predicted octanol–water partition coefficient (Wildman–Crippen LogP) is 1.69. The first-order valence-electron chi connectivity index (χ1n) is 7.68. The van der Waals surface area contributed by atoms with E-state index in [2.05, 4.69) is 10.1 Å². The van der Waals surface area contributed by atoms with Gasteiger partial charge in [0.05, 0.1) is 24.1 Å². The molecule has 0 fully saturated rings. The zero-order valence-electron chi connectivity index (χ0n) is 14.2. The van der Waals surface area contributed by atoms with E-state index in [4.69, 9.17) is 9.15 Å². The Labute approximate surface area is 144 Å². The highest BCUT2D eigenvalue weighted by molar-refractivity contribution is 5.94. The second kappa shape index (κ2) is 6.76. The summed E-state index contributed by atoms with van der Waals surface area (Å²) in [7, 11) is 3.40. The smallest absolute Gasteiger partial charge is 0.340 e.